The van der Waals surface area contributed by atoms with Crippen molar-refractivity contribution in [3.8, 4) is 0 Å². The van der Waals surface area contributed by atoms with E-state index in [1.807, 2.05) is 12.1 Å². The molecule has 1 aromatic rings. The van der Waals surface area contributed by atoms with Gasteiger partial charge in [-0.25, -0.2) is 0 Å². The first kappa shape index (κ1) is 23.0. The maximum absolute atomic E-state index is 12.8. The van der Waals surface area contributed by atoms with Crippen LogP contribution in [0.1, 0.15) is 56.9 Å². The summed E-state index contributed by atoms with van der Waals surface area (Å²) in [7, 11) is 0. The highest BCUT2D eigenvalue weighted by atomic mass is 35.5. The summed E-state index contributed by atoms with van der Waals surface area (Å²) < 4.78 is 0. The Kier molecular flexibility index (Phi) is 9.06. The molecule has 7 heteroatoms. The SMILES string of the molecule is Cl.NCCCC(=O)Nc1ccc(CC2CCN(C3CCCCC3)C2=O)c(Cl)c1. The number of hydrogen-bond acceptors (Lipinski definition) is 3. The Morgan fingerprint density at radius 1 is 1.21 bits per heavy atom. The molecule has 2 fully saturated rings. The van der Waals surface area contributed by atoms with Gasteiger partial charge in [0.1, 0.15) is 0 Å². The molecular formula is C21H31Cl2N3O2. The minimum Gasteiger partial charge on any atom is -0.339 e. The van der Waals surface area contributed by atoms with Gasteiger partial charge in [-0.15, -0.1) is 12.4 Å². The van der Waals surface area contributed by atoms with Gasteiger partial charge in [0, 0.05) is 35.6 Å². The molecule has 2 amide bonds. The van der Waals surface area contributed by atoms with Crippen molar-refractivity contribution in [1.82, 2.24) is 4.90 Å². The highest BCUT2D eigenvalue weighted by Gasteiger charge is 2.36. The van der Waals surface area contributed by atoms with Crippen molar-refractivity contribution in [2.75, 3.05) is 18.4 Å². The van der Waals surface area contributed by atoms with Gasteiger partial charge in [-0.2, -0.15) is 0 Å². The van der Waals surface area contributed by atoms with Crippen LogP contribution in [0.25, 0.3) is 0 Å². The summed E-state index contributed by atoms with van der Waals surface area (Å²) in [6.07, 6.45) is 8.73. The first-order chi connectivity index (χ1) is 13.1. The van der Waals surface area contributed by atoms with Crippen LogP contribution >= 0.6 is 24.0 Å². The van der Waals surface area contributed by atoms with Crippen LogP contribution in [0.3, 0.4) is 0 Å². The summed E-state index contributed by atoms with van der Waals surface area (Å²) in [5.41, 5.74) is 7.09. The molecule has 2 aliphatic rings. The zero-order valence-corrected chi connectivity index (χ0v) is 17.9. The number of carbonyl (C=O) groups is 2. The standard InChI is InChI=1S/C21H30ClN3O2.ClH/c22-19-14-17(24-20(26)7-4-11-23)9-8-15(19)13-16-10-12-25(21(16)27)18-5-2-1-3-6-18;/h8-9,14,16,18H,1-7,10-13,23H2,(H,24,26);1H. The molecule has 3 N–H and O–H groups in total. The minimum atomic E-state index is -0.0571. The topological polar surface area (TPSA) is 75.4 Å². The quantitative estimate of drug-likeness (QED) is 0.685. The van der Waals surface area contributed by atoms with Gasteiger partial charge in [-0.05, 0) is 56.3 Å². The second kappa shape index (κ2) is 11.0. The third-order valence-corrected chi connectivity index (χ3v) is 6.13. The Morgan fingerprint density at radius 2 is 1.96 bits per heavy atom. The van der Waals surface area contributed by atoms with E-state index < -0.39 is 0 Å². The predicted octanol–water partition coefficient (Wildman–Crippen LogP) is 4.16. The highest BCUT2D eigenvalue weighted by molar-refractivity contribution is 6.31. The second-order valence-corrected chi connectivity index (χ2v) is 8.17. The van der Waals surface area contributed by atoms with Crippen LogP contribution in [0.15, 0.2) is 18.2 Å². The molecule has 3 rings (SSSR count). The minimum absolute atomic E-state index is 0. The molecule has 1 saturated carbocycles. The predicted molar refractivity (Wildman–Crippen MR) is 116 cm³/mol. The van der Waals surface area contributed by atoms with Gasteiger partial charge in [0.25, 0.3) is 0 Å². The Morgan fingerprint density at radius 3 is 2.64 bits per heavy atom. The summed E-state index contributed by atoms with van der Waals surface area (Å²) in [4.78, 5) is 26.8. The van der Waals surface area contributed by atoms with E-state index in [1.54, 1.807) is 6.07 Å². The number of anilines is 1. The Balaban J connectivity index is 0.00000280. The first-order valence-corrected chi connectivity index (χ1v) is 10.5. The number of likely N-dealkylation sites (tertiary alicyclic amines) is 1. The van der Waals surface area contributed by atoms with Gasteiger partial charge in [0.05, 0.1) is 0 Å². The molecule has 1 aliphatic heterocycles. The monoisotopic (exact) mass is 427 g/mol. The fourth-order valence-corrected chi connectivity index (χ4v) is 4.51. The van der Waals surface area contributed by atoms with Crippen LogP contribution in [0.2, 0.25) is 5.02 Å². The van der Waals surface area contributed by atoms with Crippen molar-refractivity contribution in [3.63, 3.8) is 0 Å². The van der Waals surface area contributed by atoms with E-state index in [9.17, 15) is 9.59 Å². The number of nitrogens with two attached hydrogens (primary N) is 1. The van der Waals surface area contributed by atoms with Gasteiger partial charge < -0.3 is 16.0 Å². The normalized spacial score (nSPS) is 20.1. The Labute approximate surface area is 178 Å². The molecule has 0 aromatic heterocycles. The summed E-state index contributed by atoms with van der Waals surface area (Å²) >= 11 is 6.43. The first-order valence-electron chi connectivity index (χ1n) is 10.2. The van der Waals surface area contributed by atoms with Crippen LogP contribution in [-0.2, 0) is 16.0 Å². The number of rotatable bonds is 7. The molecule has 1 atom stereocenters. The average molecular weight is 428 g/mol. The molecule has 1 heterocycles. The summed E-state index contributed by atoms with van der Waals surface area (Å²) in [5, 5.41) is 3.45. The van der Waals surface area contributed by atoms with E-state index in [-0.39, 0.29) is 30.1 Å². The number of nitrogens with one attached hydrogen (secondary N) is 1. The van der Waals surface area contributed by atoms with Crippen molar-refractivity contribution in [2.45, 2.75) is 63.8 Å². The van der Waals surface area contributed by atoms with Crippen molar-refractivity contribution in [1.29, 1.82) is 0 Å². The third kappa shape index (κ3) is 5.85. The number of benzene rings is 1. The summed E-state index contributed by atoms with van der Waals surface area (Å²) in [5.74, 6) is 0.255. The van der Waals surface area contributed by atoms with Gasteiger partial charge in [-0.3, -0.25) is 9.59 Å². The molecule has 28 heavy (non-hydrogen) atoms. The largest absolute Gasteiger partial charge is 0.339 e. The highest BCUT2D eigenvalue weighted by Crippen LogP contribution is 2.32. The number of amides is 2. The molecule has 5 nitrogen and oxygen atoms in total. The van der Waals surface area contributed by atoms with Gasteiger partial charge in [0.15, 0.2) is 0 Å². The Bertz CT molecular complexity index is 678. The Hall–Kier alpha value is -1.30. The number of halogens is 2. The smallest absolute Gasteiger partial charge is 0.226 e. The lowest BCUT2D eigenvalue weighted by Crippen LogP contribution is -2.39. The maximum atomic E-state index is 12.8. The van der Waals surface area contributed by atoms with Crippen molar-refractivity contribution >= 4 is 41.5 Å². The molecule has 1 aromatic carbocycles. The fourth-order valence-electron chi connectivity index (χ4n) is 4.25. The van der Waals surface area contributed by atoms with Gasteiger partial charge >= 0.3 is 0 Å². The molecule has 0 spiro atoms. The third-order valence-electron chi connectivity index (χ3n) is 5.78. The van der Waals surface area contributed by atoms with E-state index in [0.29, 0.717) is 42.6 Å². The summed E-state index contributed by atoms with van der Waals surface area (Å²) in [6.45, 7) is 1.38. The molecule has 0 radical (unpaired) electrons. The van der Waals surface area contributed by atoms with Crippen molar-refractivity contribution in [3.05, 3.63) is 28.8 Å². The van der Waals surface area contributed by atoms with Crippen LogP contribution in [0.5, 0.6) is 0 Å². The van der Waals surface area contributed by atoms with E-state index in [2.05, 4.69) is 10.2 Å². The van der Waals surface area contributed by atoms with Gasteiger partial charge in [0.2, 0.25) is 11.8 Å². The molecule has 0 bridgehead atoms. The number of hydrogen-bond donors (Lipinski definition) is 2. The molecular weight excluding hydrogens is 397 g/mol. The van der Waals surface area contributed by atoms with E-state index in [0.717, 1.165) is 31.4 Å². The number of carbonyl (C=O) groups excluding carboxylic acids is 2. The molecule has 1 unspecified atom stereocenters. The molecule has 1 aliphatic carbocycles. The average Bonchev–Trinajstić information content (AvgIpc) is 3.03. The lowest BCUT2D eigenvalue weighted by molar-refractivity contribution is -0.133. The number of nitrogens with zero attached hydrogens (tertiary/aromatic N) is 1. The molecule has 1 saturated heterocycles. The van der Waals surface area contributed by atoms with Crippen molar-refractivity contribution < 1.29 is 9.59 Å². The maximum Gasteiger partial charge on any atom is 0.226 e. The van der Waals surface area contributed by atoms with E-state index in [4.69, 9.17) is 17.3 Å². The van der Waals surface area contributed by atoms with Gasteiger partial charge in [-0.1, -0.05) is 36.9 Å². The fraction of sp³-hybridized carbons (Fsp3) is 0.619. The lowest BCUT2D eigenvalue weighted by Gasteiger charge is -2.31. The van der Waals surface area contributed by atoms with Crippen molar-refractivity contribution in [2.24, 2.45) is 11.7 Å². The zero-order valence-electron chi connectivity index (χ0n) is 16.3. The second-order valence-electron chi connectivity index (χ2n) is 7.76. The van der Waals surface area contributed by atoms with Crippen LogP contribution in [-0.4, -0.2) is 35.8 Å². The van der Waals surface area contributed by atoms with E-state index in [1.165, 1.54) is 19.3 Å². The molecule has 156 valence electrons. The summed E-state index contributed by atoms with van der Waals surface area (Å²) in [6, 6.07) is 6.00. The lowest BCUT2D eigenvalue weighted by atomic mass is 9.94. The van der Waals surface area contributed by atoms with E-state index >= 15 is 0 Å². The van der Waals surface area contributed by atoms with Crippen LogP contribution in [0.4, 0.5) is 5.69 Å². The zero-order chi connectivity index (χ0) is 19.2. The van der Waals surface area contributed by atoms with Crippen LogP contribution < -0.4 is 11.1 Å². The van der Waals surface area contributed by atoms with Crippen LogP contribution in [0, 0.1) is 5.92 Å².